The molecule has 66 valence electrons. The van der Waals surface area contributed by atoms with E-state index in [0.717, 1.165) is 0 Å². The molecular formula is C11H11NO. The van der Waals surface area contributed by atoms with Crippen LogP contribution in [-0.4, -0.2) is 17.9 Å². The van der Waals surface area contributed by atoms with Crippen molar-refractivity contribution in [2.75, 3.05) is 7.05 Å². The molecule has 0 aliphatic rings. The Balaban J connectivity index is 2.84. The second-order valence-electron chi connectivity index (χ2n) is 2.59. The number of amides is 1. The molecule has 0 radical (unpaired) electrons. The lowest BCUT2D eigenvalue weighted by Crippen LogP contribution is -2.21. The number of carbonyl (C=O) groups is 1. The first-order valence-corrected chi connectivity index (χ1v) is 4.01. The number of hydrogen-bond donors (Lipinski definition) is 0. The number of benzene rings is 1. The molecule has 0 fully saturated rings. The van der Waals surface area contributed by atoms with Gasteiger partial charge < -0.3 is 0 Å². The molecule has 1 rings (SSSR count). The fourth-order valence-corrected chi connectivity index (χ4v) is 0.993. The molecule has 0 atom stereocenters. The van der Waals surface area contributed by atoms with Crippen LogP contribution in [0.5, 0.6) is 0 Å². The van der Waals surface area contributed by atoms with Crippen molar-refractivity contribution in [1.29, 1.82) is 0 Å². The van der Waals surface area contributed by atoms with E-state index in [1.54, 1.807) is 26.1 Å². The zero-order chi connectivity index (χ0) is 9.68. The normalized spacial score (nSPS) is 8.46. The Bertz CT molecular complexity index is 345. The zero-order valence-electron chi connectivity index (χ0n) is 7.74. The topological polar surface area (TPSA) is 20.3 Å². The van der Waals surface area contributed by atoms with Crippen molar-refractivity contribution >= 4 is 5.91 Å². The van der Waals surface area contributed by atoms with Gasteiger partial charge in [0.15, 0.2) is 0 Å². The number of rotatable bonds is 1. The zero-order valence-corrected chi connectivity index (χ0v) is 7.74. The summed E-state index contributed by atoms with van der Waals surface area (Å²) in [6.07, 6.45) is 0. The third-order valence-electron chi connectivity index (χ3n) is 1.60. The summed E-state index contributed by atoms with van der Waals surface area (Å²) in [7, 11) is 1.66. The Labute approximate surface area is 78.2 Å². The van der Waals surface area contributed by atoms with E-state index in [1.807, 2.05) is 18.2 Å². The van der Waals surface area contributed by atoms with Crippen molar-refractivity contribution in [3.8, 4) is 12.0 Å². The summed E-state index contributed by atoms with van der Waals surface area (Å²) in [5, 5.41) is 0. The first-order chi connectivity index (χ1) is 6.25. The Morgan fingerprint density at radius 1 is 1.31 bits per heavy atom. The fourth-order valence-electron chi connectivity index (χ4n) is 0.993. The number of hydrogen-bond acceptors (Lipinski definition) is 1. The average Bonchev–Trinajstić information content (AvgIpc) is 2.18. The van der Waals surface area contributed by atoms with Crippen molar-refractivity contribution in [3.05, 3.63) is 35.9 Å². The largest absolute Gasteiger partial charge is 0.270 e. The van der Waals surface area contributed by atoms with Gasteiger partial charge in [0.2, 0.25) is 0 Å². The molecule has 13 heavy (non-hydrogen) atoms. The summed E-state index contributed by atoms with van der Waals surface area (Å²) >= 11 is 0. The molecule has 1 amide bonds. The van der Waals surface area contributed by atoms with Crippen LogP contribution in [0.2, 0.25) is 0 Å². The lowest BCUT2D eigenvalue weighted by molar-refractivity contribution is 0.0860. The summed E-state index contributed by atoms with van der Waals surface area (Å²) in [5.74, 6) is 2.60. The molecule has 0 heterocycles. The number of carbonyl (C=O) groups excluding carboxylic acids is 1. The quantitative estimate of drug-likeness (QED) is 0.468. The average molecular weight is 173 g/mol. The predicted octanol–water partition coefficient (Wildman–Crippen LogP) is 1.74. The molecule has 0 aromatic heterocycles. The minimum absolute atomic E-state index is 0.0741. The number of nitrogens with zero attached hydrogens (tertiary/aromatic N) is 1. The molecular weight excluding hydrogens is 162 g/mol. The molecule has 2 nitrogen and oxygen atoms in total. The van der Waals surface area contributed by atoms with Crippen LogP contribution in [0.15, 0.2) is 30.3 Å². The lowest BCUT2D eigenvalue weighted by atomic mass is 10.2. The minimum Gasteiger partial charge on any atom is -0.270 e. The molecule has 0 bridgehead atoms. The smallest absolute Gasteiger partial charge is 0.265 e. The highest BCUT2D eigenvalue weighted by Gasteiger charge is 2.07. The van der Waals surface area contributed by atoms with E-state index in [-0.39, 0.29) is 5.91 Å². The minimum atomic E-state index is -0.0741. The predicted molar refractivity (Wildman–Crippen MR) is 52.0 cm³/mol. The van der Waals surface area contributed by atoms with Gasteiger partial charge in [-0.25, -0.2) is 0 Å². The van der Waals surface area contributed by atoms with Crippen molar-refractivity contribution in [2.24, 2.45) is 0 Å². The van der Waals surface area contributed by atoms with E-state index >= 15 is 0 Å². The highest BCUT2D eigenvalue weighted by Crippen LogP contribution is 2.01. The van der Waals surface area contributed by atoms with Crippen LogP contribution in [0.1, 0.15) is 17.3 Å². The second-order valence-corrected chi connectivity index (χ2v) is 2.59. The van der Waals surface area contributed by atoms with Crippen LogP contribution >= 0.6 is 0 Å². The molecule has 0 N–H and O–H groups in total. The Kier molecular flexibility index (Phi) is 3.10. The summed E-state index contributed by atoms with van der Waals surface area (Å²) in [6.45, 7) is 1.70. The maximum absolute atomic E-state index is 11.6. The summed E-state index contributed by atoms with van der Waals surface area (Å²) in [6, 6.07) is 11.8. The van der Waals surface area contributed by atoms with Crippen LogP contribution < -0.4 is 0 Å². The SMILES string of the molecule is CC#CN(C)C(=O)c1ccccc1. The maximum Gasteiger partial charge on any atom is 0.265 e. The molecule has 1 aromatic carbocycles. The third kappa shape index (κ3) is 2.34. The summed E-state index contributed by atoms with van der Waals surface area (Å²) < 4.78 is 0. The van der Waals surface area contributed by atoms with Crippen LogP contribution in [0.25, 0.3) is 0 Å². The highest BCUT2D eigenvalue weighted by molar-refractivity contribution is 5.95. The molecule has 0 aliphatic heterocycles. The first kappa shape index (κ1) is 9.34. The third-order valence-corrected chi connectivity index (χ3v) is 1.60. The maximum atomic E-state index is 11.6. The van der Waals surface area contributed by atoms with E-state index < -0.39 is 0 Å². The van der Waals surface area contributed by atoms with Crippen molar-refractivity contribution in [1.82, 2.24) is 4.90 Å². The van der Waals surface area contributed by atoms with E-state index in [0.29, 0.717) is 5.56 Å². The monoisotopic (exact) mass is 173 g/mol. The van der Waals surface area contributed by atoms with Crippen molar-refractivity contribution < 1.29 is 4.79 Å². The molecule has 1 aromatic rings. The summed E-state index contributed by atoms with van der Waals surface area (Å²) in [4.78, 5) is 12.9. The van der Waals surface area contributed by atoms with E-state index in [2.05, 4.69) is 12.0 Å². The van der Waals surface area contributed by atoms with Crippen LogP contribution in [0.4, 0.5) is 0 Å². The van der Waals surface area contributed by atoms with Gasteiger partial charge >= 0.3 is 0 Å². The molecule has 0 saturated heterocycles. The Hall–Kier alpha value is -1.75. The van der Waals surface area contributed by atoms with Crippen LogP contribution in [-0.2, 0) is 0 Å². The van der Waals surface area contributed by atoms with Gasteiger partial charge in [-0.05, 0) is 19.1 Å². The Morgan fingerprint density at radius 3 is 2.46 bits per heavy atom. The van der Waals surface area contributed by atoms with Gasteiger partial charge in [0, 0.05) is 18.7 Å². The van der Waals surface area contributed by atoms with Gasteiger partial charge in [0.25, 0.3) is 5.91 Å². The first-order valence-electron chi connectivity index (χ1n) is 4.01. The molecule has 0 unspecified atom stereocenters. The standard InChI is InChI=1S/C11H11NO/c1-3-9-12(2)11(13)10-7-5-4-6-8-10/h4-8H,1-2H3. The van der Waals surface area contributed by atoms with Gasteiger partial charge in [-0.2, -0.15) is 0 Å². The molecule has 0 aliphatic carbocycles. The van der Waals surface area contributed by atoms with Crippen molar-refractivity contribution in [2.45, 2.75) is 6.92 Å². The van der Waals surface area contributed by atoms with Crippen LogP contribution in [0.3, 0.4) is 0 Å². The van der Waals surface area contributed by atoms with Gasteiger partial charge in [-0.1, -0.05) is 24.1 Å². The van der Waals surface area contributed by atoms with Crippen molar-refractivity contribution in [3.63, 3.8) is 0 Å². The van der Waals surface area contributed by atoms with Gasteiger partial charge in [-0.15, -0.1) is 0 Å². The van der Waals surface area contributed by atoms with Gasteiger partial charge in [0.05, 0.1) is 0 Å². The summed E-state index contributed by atoms with van der Waals surface area (Å²) in [5.41, 5.74) is 0.660. The lowest BCUT2D eigenvalue weighted by Gasteiger charge is -2.07. The fraction of sp³-hybridized carbons (Fsp3) is 0.182. The van der Waals surface area contributed by atoms with E-state index in [1.165, 1.54) is 4.90 Å². The van der Waals surface area contributed by atoms with E-state index in [9.17, 15) is 4.79 Å². The second kappa shape index (κ2) is 4.32. The van der Waals surface area contributed by atoms with Gasteiger partial charge in [0.1, 0.15) is 0 Å². The van der Waals surface area contributed by atoms with Gasteiger partial charge in [-0.3, -0.25) is 9.69 Å². The highest BCUT2D eigenvalue weighted by atomic mass is 16.2. The van der Waals surface area contributed by atoms with E-state index in [4.69, 9.17) is 0 Å². The molecule has 0 spiro atoms. The molecule has 0 saturated carbocycles. The van der Waals surface area contributed by atoms with Crippen LogP contribution in [0, 0.1) is 12.0 Å². The molecule has 2 heteroatoms. The Morgan fingerprint density at radius 2 is 1.92 bits per heavy atom.